The van der Waals surface area contributed by atoms with Crippen LogP contribution in [0.3, 0.4) is 0 Å². The zero-order chi connectivity index (χ0) is 23.2. The molecule has 2 aliphatic heterocycles. The molecule has 9 heteroatoms. The average Bonchev–Trinajstić information content (AvgIpc) is 3.34. The first-order valence-electron chi connectivity index (χ1n) is 10.8. The summed E-state index contributed by atoms with van der Waals surface area (Å²) in [5, 5.41) is 0. The number of methoxy groups -OCH3 is 2. The van der Waals surface area contributed by atoms with Gasteiger partial charge in [-0.05, 0) is 42.5 Å². The number of fused-ring (bicyclic) bond motifs is 1. The summed E-state index contributed by atoms with van der Waals surface area (Å²) in [5.74, 6) is 1.66. The molecule has 2 aromatic carbocycles. The van der Waals surface area contributed by atoms with Crippen molar-refractivity contribution in [2.24, 2.45) is 0 Å². The standard InChI is InChI=1S/C24H28N2O7/c1-29-11-9-25(23(27)17-3-6-19(30-2)7-4-17)14-20-15-26(10-12-31-20)24(28)18-5-8-21-22(13-18)33-16-32-21/h3-8,13,20H,9-12,14-16H2,1-2H3. The van der Waals surface area contributed by atoms with Gasteiger partial charge in [0.15, 0.2) is 11.5 Å². The van der Waals surface area contributed by atoms with Gasteiger partial charge in [0.05, 0.1) is 26.4 Å². The van der Waals surface area contributed by atoms with E-state index in [4.69, 9.17) is 23.7 Å². The van der Waals surface area contributed by atoms with E-state index in [1.54, 1.807) is 66.5 Å². The lowest BCUT2D eigenvalue weighted by atomic mass is 10.1. The van der Waals surface area contributed by atoms with Crippen LogP contribution in [0.25, 0.3) is 0 Å². The van der Waals surface area contributed by atoms with Gasteiger partial charge in [0.1, 0.15) is 5.75 Å². The lowest BCUT2D eigenvalue weighted by Crippen LogP contribution is -2.51. The number of amides is 2. The van der Waals surface area contributed by atoms with Crippen molar-refractivity contribution in [1.29, 1.82) is 0 Å². The van der Waals surface area contributed by atoms with Gasteiger partial charge in [0.2, 0.25) is 6.79 Å². The van der Waals surface area contributed by atoms with Crippen LogP contribution in [0.2, 0.25) is 0 Å². The molecule has 1 saturated heterocycles. The summed E-state index contributed by atoms with van der Waals surface area (Å²) in [4.78, 5) is 29.7. The Morgan fingerprint density at radius 2 is 1.82 bits per heavy atom. The topological polar surface area (TPSA) is 86.8 Å². The maximum Gasteiger partial charge on any atom is 0.254 e. The van der Waals surface area contributed by atoms with Crippen LogP contribution in [0.15, 0.2) is 42.5 Å². The molecule has 0 saturated carbocycles. The van der Waals surface area contributed by atoms with E-state index in [2.05, 4.69) is 0 Å². The summed E-state index contributed by atoms with van der Waals surface area (Å²) in [7, 11) is 3.18. The fourth-order valence-electron chi connectivity index (χ4n) is 3.87. The molecule has 0 spiro atoms. The van der Waals surface area contributed by atoms with Crippen molar-refractivity contribution in [3.63, 3.8) is 0 Å². The van der Waals surface area contributed by atoms with Crippen LogP contribution in [0.5, 0.6) is 17.2 Å². The summed E-state index contributed by atoms with van der Waals surface area (Å²) in [5.41, 5.74) is 1.08. The van der Waals surface area contributed by atoms with Gasteiger partial charge in [-0.15, -0.1) is 0 Å². The van der Waals surface area contributed by atoms with Gasteiger partial charge < -0.3 is 33.5 Å². The van der Waals surface area contributed by atoms with E-state index >= 15 is 0 Å². The highest BCUT2D eigenvalue weighted by molar-refractivity contribution is 5.95. The number of rotatable bonds is 8. The highest BCUT2D eigenvalue weighted by Crippen LogP contribution is 2.33. The molecule has 0 radical (unpaired) electrons. The van der Waals surface area contributed by atoms with Crippen LogP contribution < -0.4 is 14.2 Å². The summed E-state index contributed by atoms with van der Waals surface area (Å²) < 4.78 is 27.0. The van der Waals surface area contributed by atoms with Crippen LogP contribution in [0.4, 0.5) is 0 Å². The number of nitrogens with zero attached hydrogens (tertiary/aromatic N) is 2. The van der Waals surface area contributed by atoms with Crippen LogP contribution >= 0.6 is 0 Å². The van der Waals surface area contributed by atoms with E-state index in [1.165, 1.54) is 0 Å². The Bertz CT molecular complexity index is 979. The smallest absolute Gasteiger partial charge is 0.254 e. The molecule has 1 atom stereocenters. The van der Waals surface area contributed by atoms with Crippen molar-refractivity contribution >= 4 is 11.8 Å². The Balaban J connectivity index is 1.42. The molecule has 0 bridgehead atoms. The molecule has 9 nitrogen and oxygen atoms in total. The average molecular weight is 456 g/mol. The second kappa shape index (κ2) is 10.5. The van der Waals surface area contributed by atoms with E-state index < -0.39 is 0 Å². The number of ether oxygens (including phenoxy) is 5. The molecule has 2 aliphatic rings. The predicted molar refractivity (Wildman–Crippen MR) is 119 cm³/mol. The van der Waals surface area contributed by atoms with Crippen molar-refractivity contribution in [3.8, 4) is 17.2 Å². The number of morpholine rings is 1. The first-order valence-corrected chi connectivity index (χ1v) is 10.8. The highest BCUT2D eigenvalue weighted by Gasteiger charge is 2.29. The molecular formula is C24H28N2O7. The third kappa shape index (κ3) is 5.37. The van der Waals surface area contributed by atoms with E-state index in [1.807, 2.05) is 0 Å². The minimum Gasteiger partial charge on any atom is -0.497 e. The van der Waals surface area contributed by atoms with Gasteiger partial charge in [-0.2, -0.15) is 0 Å². The first kappa shape index (κ1) is 22.9. The fourth-order valence-corrected chi connectivity index (χ4v) is 3.87. The van der Waals surface area contributed by atoms with E-state index in [0.717, 1.165) is 0 Å². The van der Waals surface area contributed by atoms with Gasteiger partial charge >= 0.3 is 0 Å². The van der Waals surface area contributed by atoms with Crippen molar-refractivity contribution in [2.75, 3.05) is 60.4 Å². The predicted octanol–water partition coefficient (Wildman–Crippen LogP) is 2.05. The number of hydrogen-bond donors (Lipinski definition) is 0. The molecule has 0 aliphatic carbocycles. The van der Waals surface area contributed by atoms with Crippen molar-refractivity contribution in [1.82, 2.24) is 9.80 Å². The number of carbonyl (C=O) groups excluding carboxylic acids is 2. The number of hydrogen-bond acceptors (Lipinski definition) is 7. The molecule has 4 rings (SSSR count). The quantitative estimate of drug-likeness (QED) is 0.601. The molecule has 1 unspecified atom stereocenters. The zero-order valence-electron chi connectivity index (χ0n) is 18.8. The minimum absolute atomic E-state index is 0.105. The number of carbonyl (C=O) groups is 2. The second-order valence-electron chi connectivity index (χ2n) is 7.78. The molecule has 2 aromatic rings. The van der Waals surface area contributed by atoms with Gasteiger partial charge in [0, 0.05) is 44.4 Å². The van der Waals surface area contributed by atoms with Crippen molar-refractivity contribution in [2.45, 2.75) is 6.10 Å². The minimum atomic E-state index is -0.309. The SMILES string of the molecule is COCCN(CC1CN(C(=O)c2ccc3c(c2)OCO3)CCO1)C(=O)c1ccc(OC)cc1. The van der Waals surface area contributed by atoms with Crippen molar-refractivity contribution < 1.29 is 33.3 Å². The third-order valence-electron chi connectivity index (χ3n) is 5.66. The van der Waals surface area contributed by atoms with Crippen LogP contribution in [-0.4, -0.2) is 88.1 Å². The van der Waals surface area contributed by atoms with Gasteiger partial charge in [-0.1, -0.05) is 0 Å². The second-order valence-corrected chi connectivity index (χ2v) is 7.78. The van der Waals surface area contributed by atoms with E-state index in [0.29, 0.717) is 67.8 Å². The molecule has 2 amide bonds. The lowest BCUT2D eigenvalue weighted by Gasteiger charge is -2.36. The molecule has 0 N–H and O–H groups in total. The Morgan fingerprint density at radius 1 is 1.06 bits per heavy atom. The normalized spacial score (nSPS) is 17.0. The summed E-state index contributed by atoms with van der Waals surface area (Å²) in [6, 6.07) is 12.2. The van der Waals surface area contributed by atoms with Gasteiger partial charge in [-0.3, -0.25) is 9.59 Å². The summed E-state index contributed by atoms with van der Waals surface area (Å²) in [6.07, 6.45) is -0.309. The third-order valence-corrected chi connectivity index (χ3v) is 5.66. The molecular weight excluding hydrogens is 428 g/mol. The highest BCUT2D eigenvalue weighted by atomic mass is 16.7. The van der Waals surface area contributed by atoms with Crippen molar-refractivity contribution in [3.05, 3.63) is 53.6 Å². The Kier molecular flexibility index (Phi) is 7.31. The monoisotopic (exact) mass is 456 g/mol. The molecule has 1 fully saturated rings. The van der Waals surface area contributed by atoms with Gasteiger partial charge in [-0.25, -0.2) is 0 Å². The Morgan fingerprint density at radius 3 is 2.58 bits per heavy atom. The molecule has 0 aromatic heterocycles. The zero-order valence-corrected chi connectivity index (χ0v) is 18.8. The lowest BCUT2D eigenvalue weighted by molar-refractivity contribution is -0.0347. The van der Waals surface area contributed by atoms with Crippen LogP contribution in [0.1, 0.15) is 20.7 Å². The van der Waals surface area contributed by atoms with E-state index in [-0.39, 0.29) is 24.7 Å². The van der Waals surface area contributed by atoms with Crippen LogP contribution in [-0.2, 0) is 9.47 Å². The first-order chi connectivity index (χ1) is 16.1. The summed E-state index contributed by atoms with van der Waals surface area (Å²) in [6.45, 7) is 2.58. The molecule has 2 heterocycles. The largest absolute Gasteiger partial charge is 0.497 e. The van der Waals surface area contributed by atoms with Gasteiger partial charge in [0.25, 0.3) is 11.8 Å². The Hall–Kier alpha value is -3.30. The number of benzene rings is 2. The molecule has 176 valence electrons. The Labute approximate surface area is 192 Å². The molecule has 33 heavy (non-hydrogen) atoms. The van der Waals surface area contributed by atoms with Crippen LogP contribution in [0, 0.1) is 0 Å². The fraction of sp³-hybridized carbons (Fsp3) is 0.417. The maximum absolute atomic E-state index is 13.1. The summed E-state index contributed by atoms with van der Waals surface area (Å²) >= 11 is 0. The maximum atomic E-state index is 13.1. The van der Waals surface area contributed by atoms with E-state index in [9.17, 15) is 9.59 Å².